The van der Waals surface area contributed by atoms with E-state index < -0.39 is 0 Å². The second kappa shape index (κ2) is 6.39. The molecule has 0 aliphatic rings. The molecule has 0 saturated carbocycles. The van der Waals surface area contributed by atoms with Crippen LogP contribution in [0.15, 0.2) is 24.3 Å². The standard InChI is InChI=1S/C16H22O2/c1-11(2)14-7-6-13(8-9-16(17)18-5)15(10-14)12(3)4/h6-12H,1-5H3. The van der Waals surface area contributed by atoms with Gasteiger partial charge >= 0.3 is 5.97 Å². The molecule has 98 valence electrons. The minimum absolute atomic E-state index is 0.322. The zero-order valence-electron chi connectivity index (χ0n) is 11.9. The first-order valence-electron chi connectivity index (χ1n) is 6.35. The van der Waals surface area contributed by atoms with Crippen LogP contribution in [-0.4, -0.2) is 13.1 Å². The Morgan fingerprint density at radius 2 is 1.83 bits per heavy atom. The van der Waals surface area contributed by atoms with Gasteiger partial charge in [0.15, 0.2) is 0 Å². The zero-order chi connectivity index (χ0) is 13.7. The van der Waals surface area contributed by atoms with Crippen molar-refractivity contribution in [2.45, 2.75) is 39.5 Å². The van der Waals surface area contributed by atoms with Crippen molar-refractivity contribution in [2.75, 3.05) is 7.11 Å². The molecule has 18 heavy (non-hydrogen) atoms. The van der Waals surface area contributed by atoms with E-state index in [1.54, 1.807) is 0 Å². The predicted molar refractivity (Wildman–Crippen MR) is 75.7 cm³/mol. The Balaban J connectivity index is 3.12. The molecule has 0 heterocycles. The summed E-state index contributed by atoms with van der Waals surface area (Å²) < 4.78 is 4.61. The third-order valence-electron chi connectivity index (χ3n) is 3.00. The third-order valence-corrected chi connectivity index (χ3v) is 3.00. The average Bonchev–Trinajstić information content (AvgIpc) is 2.35. The van der Waals surface area contributed by atoms with Crippen LogP contribution in [0.4, 0.5) is 0 Å². The molecule has 0 amide bonds. The lowest BCUT2D eigenvalue weighted by molar-refractivity contribution is -0.134. The maximum atomic E-state index is 11.1. The first kappa shape index (κ1) is 14.5. The van der Waals surface area contributed by atoms with Gasteiger partial charge in [0.2, 0.25) is 0 Å². The van der Waals surface area contributed by atoms with Crippen LogP contribution in [0.25, 0.3) is 6.08 Å². The molecule has 0 fully saturated rings. The SMILES string of the molecule is COC(=O)C=Cc1ccc(C(C)C)cc1C(C)C. The molecule has 0 spiro atoms. The molecule has 0 atom stereocenters. The van der Waals surface area contributed by atoms with E-state index >= 15 is 0 Å². The number of methoxy groups -OCH3 is 1. The predicted octanol–water partition coefficient (Wildman–Crippen LogP) is 4.12. The number of hydrogen-bond donors (Lipinski definition) is 0. The molecular formula is C16H22O2. The van der Waals surface area contributed by atoms with Crippen LogP contribution in [0, 0.1) is 0 Å². The summed E-state index contributed by atoms with van der Waals surface area (Å²) in [7, 11) is 1.39. The van der Waals surface area contributed by atoms with E-state index in [-0.39, 0.29) is 5.97 Å². The lowest BCUT2D eigenvalue weighted by atomic mass is 9.91. The lowest BCUT2D eigenvalue weighted by Crippen LogP contribution is -1.98. The van der Waals surface area contributed by atoms with Crippen LogP contribution < -0.4 is 0 Å². The molecule has 0 saturated heterocycles. The monoisotopic (exact) mass is 246 g/mol. The Morgan fingerprint density at radius 3 is 2.33 bits per heavy atom. The number of ether oxygens (including phenoxy) is 1. The zero-order valence-corrected chi connectivity index (χ0v) is 11.9. The largest absolute Gasteiger partial charge is 0.466 e. The second-order valence-corrected chi connectivity index (χ2v) is 5.05. The molecule has 0 bridgehead atoms. The van der Waals surface area contributed by atoms with E-state index in [4.69, 9.17) is 0 Å². The summed E-state index contributed by atoms with van der Waals surface area (Å²) >= 11 is 0. The number of benzene rings is 1. The second-order valence-electron chi connectivity index (χ2n) is 5.05. The highest BCUT2D eigenvalue weighted by molar-refractivity contribution is 5.87. The number of esters is 1. The van der Waals surface area contributed by atoms with Crippen molar-refractivity contribution in [1.82, 2.24) is 0 Å². The number of carbonyl (C=O) groups excluding carboxylic acids is 1. The molecule has 1 aromatic rings. The van der Waals surface area contributed by atoms with Gasteiger partial charge in [-0.2, -0.15) is 0 Å². The van der Waals surface area contributed by atoms with Gasteiger partial charge < -0.3 is 4.74 Å². The Hall–Kier alpha value is -1.57. The number of hydrogen-bond acceptors (Lipinski definition) is 2. The molecular weight excluding hydrogens is 224 g/mol. The highest BCUT2D eigenvalue weighted by atomic mass is 16.5. The first-order valence-corrected chi connectivity index (χ1v) is 6.35. The van der Waals surface area contributed by atoms with Crippen LogP contribution in [-0.2, 0) is 9.53 Å². The minimum atomic E-state index is -0.322. The van der Waals surface area contributed by atoms with Gasteiger partial charge in [-0.1, -0.05) is 45.9 Å². The summed E-state index contributed by atoms with van der Waals surface area (Å²) in [6.45, 7) is 8.69. The van der Waals surface area contributed by atoms with Crippen LogP contribution >= 0.6 is 0 Å². The van der Waals surface area contributed by atoms with Crippen molar-refractivity contribution < 1.29 is 9.53 Å². The van der Waals surface area contributed by atoms with Gasteiger partial charge in [0.1, 0.15) is 0 Å². The van der Waals surface area contributed by atoms with E-state index in [0.29, 0.717) is 11.8 Å². The normalized spacial score (nSPS) is 11.5. The molecule has 0 radical (unpaired) electrons. The average molecular weight is 246 g/mol. The van der Waals surface area contributed by atoms with E-state index in [2.05, 4.69) is 50.6 Å². The molecule has 1 aromatic carbocycles. The molecule has 2 nitrogen and oxygen atoms in total. The Labute approximate surface area is 110 Å². The third kappa shape index (κ3) is 3.73. The van der Waals surface area contributed by atoms with Gasteiger partial charge in [-0.15, -0.1) is 0 Å². The number of rotatable bonds is 4. The van der Waals surface area contributed by atoms with Crippen LogP contribution in [0.5, 0.6) is 0 Å². The highest BCUT2D eigenvalue weighted by Crippen LogP contribution is 2.25. The van der Waals surface area contributed by atoms with Gasteiger partial charge in [0, 0.05) is 6.08 Å². The van der Waals surface area contributed by atoms with Crippen molar-refractivity contribution in [3.63, 3.8) is 0 Å². The van der Waals surface area contributed by atoms with Gasteiger partial charge in [-0.3, -0.25) is 0 Å². The van der Waals surface area contributed by atoms with E-state index in [0.717, 1.165) is 5.56 Å². The molecule has 0 aromatic heterocycles. The molecule has 0 aliphatic heterocycles. The lowest BCUT2D eigenvalue weighted by Gasteiger charge is -2.14. The van der Waals surface area contributed by atoms with Crippen LogP contribution in [0.3, 0.4) is 0 Å². The highest BCUT2D eigenvalue weighted by Gasteiger charge is 2.08. The van der Waals surface area contributed by atoms with E-state index in [1.165, 1.54) is 24.3 Å². The van der Waals surface area contributed by atoms with Gasteiger partial charge in [0.05, 0.1) is 7.11 Å². The summed E-state index contributed by atoms with van der Waals surface area (Å²) in [5.41, 5.74) is 3.68. The first-order chi connectivity index (χ1) is 8.45. The van der Waals surface area contributed by atoms with Crippen molar-refractivity contribution >= 4 is 12.0 Å². The fourth-order valence-electron chi connectivity index (χ4n) is 1.83. The molecule has 0 unspecified atom stereocenters. The summed E-state index contributed by atoms with van der Waals surface area (Å²) in [4.78, 5) is 11.1. The summed E-state index contributed by atoms with van der Waals surface area (Å²) in [6, 6.07) is 6.42. The molecule has 0 N–H and O–H groups in total. The molecule has 0 aliphatic carbocycles. The fraction of sp³-hybridized carbons (Fsp3) is 0.438. The maximum absolute atomic E-state index is 11.1. The number of carbonyl (C=O) groups is 1. The van der Waals surface area contributed by atoms with Crippen molar-refractivity contribution in [2.24, 2.45) is 0 Å². The molecule has 1 rings (SSSR count). The van der Waals surface area contributed by atoms with E-state index in [9.17, 15) is 4.79 Å². The molecule has 2 heteroatoms. The van der Waals surface area contributed by atoms with Gasteiger partial charge in [-0.25, -0.2) is 4.79 Å². The van der Waals surface area contributed by atoms with Crippen molar-refractivity contribution in [1.29, 1.82) is 0 Å². The van der Waals surface area contributed by atoms with Crippen molar-refractivity contribution in [3.05, 3.63) is 41.0 Å². The van der Waals surface area contributed by atoms with E-state index in [1.807, 2.05) is 6.08 Å². The Bertz CT molecular complexity index is 442. The summed E-state index contributed by atoms with van der Waals surface area (Å²) in [6.07, 6.45) is 3.29. The smallest absolute Gasteiger partial charge is 0.330 e. The Kier molecular flexibility index (Phi) is 5.14. The van der Waals surface area contributed by atoms with Crippen LogP contribution in [0.2, 0.25) is 0 Å². The quantitative estimate of drug-likeness (QED) is 0.590. The van der Waals surface area contributed by atoms with Gasteiger partial charge in [-0.05, 0) is 34.6 Å². The van der Waals surface area contributed by atoms with Gasteiger partial charge in [0.25, 0.3) is 0 Å². The minimum Gasteiger partial charge on any atom is -0.466 e. The van der Waals surface area contributed by atoms with Crippen LogP contribution in [0.1, 0.15) is 56.2 Å². The van der Waals surface area contributed by atoms with Crippen molar-refractivity contribution in [3.8, 4) is 0 Å². The summed E-state index contributed by atoms with van der Waals surface area (Å²) in [5, 5.41) is 0. The maximum Gasteiger partial charge on any atom is 0.330 e. The Morgan fingerprint density at radius 1 is 1.17 bits per heavy atom. The fourth-order valence-corrected chi connectivity index (χ4v) is 1.83. The summed E-state index contributed by atoms with van der Waals surface area (Å²) in [5.74, 6) is 0.625. The topological polar surface area (TPSA) is 26.3 Å².